The van der Waals surface area contributed by atoms with Crippen molar-refractivity contribution >= 4 is 5.69 Å². The lowest BCUT2D eigenvalue weighted by molar-refractivity contribution is 0.467. The van der Waals surface area contributed by atoms with Crippen molar-refractivity contribution in [2.24, 2.45) is 0 Å². The third-order valence-corrected chi connectivity index (χ3v) is 1.96. The van der Waals surface area contributed by atoms with Crippen molar-refractivity contribution in [3.63, 3.8) is 0 Å². The molecule has 0 saturated heterocycles. The molecule has 0 saturated carbocycles. The SMILES string of the molecule is CNc1cccc(C(C)C)c1O. The van der Waals surface area contributed by atoms with E-state index in [0.29, 0.717) is 11.7 Å². The normalized spacial score (nSPS) is 10.3. The van der Waals surface area contributed by atoms with Crippen LogP contribution in [0.25, 0.3) is 0 Å². The molecule has 0 aliphatic carbocycles. The molecule has 2 heteroatoms. The van der Waals surface area contributed by atoms with Crippen molar-refractivity contribution in [3.05, 3.63) is 23.8 Å². The molecule has 12 heavy (non-hydrogen) atoms. The fourth-order valence-corrected chi connectivity index (χ4v) is 1.23. The van der Waals surface area contributed by atoms with E-state index in [2.05, 4.69) is 19.2 Å². The maximum atomic E-state index is 9.70. The summed E-state index contributed by atoms with van der Waals surface area (Å²) in [5.41, 5.74) is 1.78. The zero-order valence-corrected chi connectivity index (χ0v) is 7.76. The van der Waals surface area contributed by atoms with Crippen LogP contribution in [0.2, 0.25) is 0 Å². The van der Waals surface area contributed by atoms with Crippen LogP contribution < -0.4 is 5.32 Å². The smallest absolute Gasteiger partial charge is 0.142 e. The summed E-state index contributed by atoms with van der Waals surface area (Å²) in [4.78, 5) is 0. The molecule has 0 spiro atoms. The number of aromatic hydroxyl groups is 1. The van der Waals surface area contributed by atoms with Gasteiger partial charge in [-0.25, -0.2) is 0 Å². The number of para-hydroxylation sites is 1. The Morgan fingerprint density at radius 2 is 2.00 bits per heavy atom. The maximum Gasteiger partial charge on any atom is 0.142 e. The average Bonchev–Trinajstić information content (AvgIpc) is 2.04. The van der Waals surface area contributed by atoms with Crippen LogP contribution >= 0.6 is 0 Å². The molecular weight excluding hydrogens is 150 g/mol. The fraction of sp³-hybridized carbons (Fsp3) is 0.400. The summed E-state index contributed by atoms with van der Waals surface area (Å²) < 4.78 is 0. The minimum atomic E-state index is 0.360. The first kappa shape index (κ1) is 8.91. The van der Waals surface area contributed by atoms with Gasteiger partial charge in [0.2, 0.25) is 0 Å². The quantitative estimate of drug-likeness (QED) is 0.660. The van der Waals surface area contributed by atoms with Crippen LogP contribution in [0.3, 0.4) is 0 Å². The van der Waals surface area contributed by atoms with Crippen LogP contribution in [-0.2, 0) is 0 Å². The van der Waals surface area contributed by atoms with E-state index in [1.54, 1.807) is 7.05 Å². The average molecular weight is 165 g/mol. The minimum Gasteiger partial charge on any atom is -0.505 e. The predicted molar refractivity (Wildman–Crippen MR) is 51.7 cm³/mol. The van der Waals surface area contributed by atoms with Crippen LogP contribution in [0.5, 0.6) is 5.75 Å². The minimum absolute atomic E-state index is 0.360. The van der Waals surface area contributed by atoms with E-state index in [1.165, 1.54) is 0 Å². The van der Waals surface area contributed by atoms with E-state index in [-0.39, 0.29) is 0 Å². The molecule has 1 rings (SSSR count). The van der Waals surface area contributed by atoms with Crippen LogP contribution in [0.1, 0.15) is 25.3 Å². The first-order valence-corrected chi connectivity index (χ1v) is 4.16. The highest BCUT2D eigenvalue weighted by molar-refractivity contribution is 5.59. The lowest BCUT2D eigenvalue weighted by Gasteiger charge is -2.11. The lowest BCUT2D eigenvalue weighted by Crippen LogP contribution is -1.93. The van der Waals surface area contributed by atoms with E-state index in [9.17, 15) is 5.11 Å². The summed E-state index contributed by atoms with van der Waals surface area (Å²) in [6.07, 6.45) is 0. The molecule has 0 radical (unpaired) electrons. The molecule has 0 aliphatic rings. The molecule has 0 bridgehead atoms. The van der Waals surface area contributed by atoms with E-state index in [0.717, 1.165) is 11.3 Å². The Morgan fingerprint density at radius 3 is 2.50 bits per heavy atom. The summed E-state index contributed by atoms with van der Waals surface area (Å²) in [7, 11) is 1.80. The highest BCUT2D eigenvalue weighted by Crippen LogP contribution is 2.31. The highest BCUT2D eigenvalue weighted by atomic mass is 16.3. The second kappa shape index (κ2) is 3.48. The number of phenolic OH excluding ortho intramolecular Hbond substituents is 1. The number of hydrogen-bond donors (Lipinski definition) is 2. The molecule has 0 unspecified atom stereocenters. The van der Waals surface area contributed by atoms with Gasteiger partial charge >= 0.3 is 0 Å². The number of rotatable bonds is 2. The van der Waals surface area contributed by atoms with Gasteiger partial charge < -0.3 is 10.4 Å². The van der Waals surface area contributed by atoms with Gasteiger partial charge in [-0.3, -0.25) is 0 Å². The Kier molecular flexibility index (Phi) is 2.58. The van der Waals surface area contributed by atoms with Crippen LogP contribution in [-0.4, -0.2) is 12.2 Å². The lowest BCUT2D eigenvalue weighted by atomic mass is 10.0. The van der Waals surface area contributed by atoms with Crippen molar-refractivity contribution in [1.82, 2.24) is 0 Å². The molecule has 1 aromatic carbocycles. The molecule has 0 amide bonds. The van der Waals surface area contributed by atoms with E-state index >= 15 is 0 Å². The largest absolute Gasteiger partial charge is 0.505 e. The third kappa shape index (κ3) is 1.52. The summed E-state index contributed by atoms with van der Waals surface area (Å²) in [5, 5.41) is 12.6. The first-order chi connectivity index (χ1) is 5.66. The summed E-state index contributed by atoms with van der Waals surface area (Å²) >= 11 is 0. The van der Waals surface area contributed by atoms with Crippen molar-refractivity contribution in [2.75, 3.05) is 12.4 Å². The molecule has 66 valence electrons. The van der Waals surface area contributed by atoms with Gasteiger partial charge in [-0.2, -0.15) is 0 Å². The highest BCUT2D eigenvalue weighted by Gasteiger charge is 2.07. The summed E-state index contributed by atoms with van der Waals surface area (Å²) in [5.74, 6) is 0.730. The first-order valence-electron chi connectivity index (χ1n) is 4.16. The van der Waals surface area contributed by atoms with Gasteiger partial charge in [0.05, 0.1) is 5.69 Å². The standard InChI is InChI=1S/C10H15NO/c1-7(2)8-5-4-6-9(11-3)10(8)12/h4-7,11-12H,1-3H3. The molecule has 0 fully saturated rings. The second-order valence-corrected chi connectivity index (χ2v) is 3.15. The zero-order chi connectivity index (χ0) is 9.14. The van der Waals surface area contributed by atoms with Crippen LogP contribution in [0.4, 0.5) is 5.69 Å². The monoisotopic (exact) mass is 165 g/mol. The molecule has 0 heterocycles. The Labute approximate surface area is 73.2 Å². The van der Waals surface area contributed by atoms with Gasteiger partial charge in [-0.15, -0.1) is 0 Å². The Morgan fingerprint density at radius 1 is 1.33 bits per heavy atom. The number of hydrogen-bond acceptors (Lipinski definition) is 2. The molecule has 2 nitrogen and oxygen atoms in total. The van der Waals surface area contributed by atoms with Crippen molar-refractivity contribution in [2.45, 2.75) is 19.8 Å². The molecule has 1 aromatic rings. The number of nitrogens with one attached hydrogen (secondary N) is 1. The second-order valence-electron chi connectivity index (χ2n) is 3.15. The van der Waals surface area contributed by atoms with Crippen LogP contribution in [0, 0.1) is 0 Å². The molecular formula is C10H15NO. The van der Waals surface area contributed by atoms with Gasteiger partial charge in [0, 0.05) is 7.05 Å². The number of anilines is 1. The Bertz CT molecular complexity index is 269. The molecule has 2 N–H and O–H groups in total. The predicted octanol–water partition coefficient (Wildman–Crippen LogP) is 2.56. The van der Waals surface area contributed by atoms with E-state index in [1.807, 2.05) is 18.2 Å². The molecule has 0 atom stereocenters. The van der Waals surface area contributed by atoms with Gasteiger partial charge in [0.25, 0.3) is 0 Å². The van der Waals surface area contributed by atoms with Gasteiger partial charge in [0.15, 0.2) is 0 Å². The van der Waals surface area contributed by atoms with Gasteiger partial charge in [-0.1, -0.05) is 26.0 Å². The van der Waals surface area contributed by atoms with Crippen molar-refractivity contribution in [3.8, 4) is 5.75 Å². The summed E-state index contributed by atoms with van der Waals surface area (Å²) in [6, 6.07) is 5.75. The topological polar surface area (TPSA) is 32.3 Å². The fourth-order valence-electron chi connectivity index (χ4n) is 1.23. The van der Waals surface area contributed by atoms with Crippen LogP contribution in [0.15, 0.2) is 18.2 Å². The third-order valence-electron chi connectivity index (χ3n) is 1.96. The Balaban J connectivity index is 3.14. The number of phenols is 1. The van der Waals surface area contributed by atoms with Gasteiger partial charge in [0.1, 0.15) is 5.75 Å². The zero-order valence-electron chi connectivity index (χ0n) is 7.76. The Hall–Kier alpha value is -1.18. The summed E-state index contributed by atoms with van der Waals surface area (Å²) in [6.45, 7) is 4.13. The van der Waals surface area contributed by atoms with E-state index in [4.69, 9.17) is 0 Å². The molecule has 0 aliphatic heterocycles. The van der Waals surface area contributed by atoms with Crippen molar-refractivity contribution < 1.29 is 5.11 Å². The number of benzene rings is 1. The van der Waals surface area contributed by atoms with E-state index < -0.39 is 0 Å². The van der Waals surface area contributed by atoms with Crippen molar-refractivity contribution in [1.29, 1.82) is 0 Å². The van der Waals surface area contributed by atoms with Gasteiger partial charge in [-0.05, 0) is 17.5 Å². The molecule has 0 aromatic heterocycles. The maximum absolute atomic E-state index is 9.70.